The van der Waals surface area contributed by atoms with E-state index in [1.165, 1.54) is 12.1 Å². The number of benzene rings is 3. The van der Waals surface area contributed by atoms with Crippen LogP contribution in [0.3, 0.4) is 0 Å². The zero-order valence-corrected chi connectivity index (χ0v) is 17.1. The van der Waals surface area contributed by atoms with Crippen molar-refractivity contribution in [1.82, 2.24) is 0 Å². The molecule has 0 radical (unpaired) electrons. The minimum absolute atomic E-state index is 0.184. The lowest BCUT2D eigenvalue weighted by Crippen LogP contribution is -2.32. The van der Waals surface area contributed by atoms with Crippen LogP contribution in [0.2, 0.25) is 0 Å². The first kappa shape index (κ1) is 20.1. The molecule has 1 heterocycles. The molecule has 1 amide bonds. The van der Waals surface area contributed by atoms with E-state index in [9.17, 15) is 9.59 Å². The SMILES string of the molecule is COc1ccc(C2=N/C(=C/c3ccc(C(=O)O)cc3)C(=O)N2c2cccc(C)c2)cc1. The van der Waals surface area contributed by atoms with Crippen LogP contribution in [0.25, 0.3) is 6.08 Å². The van der Waals surface area contributed by atoms with Crippen molar-refractivity contribution in [3.05, 3.63) is 101 Å². The topological polar surface area (TPSA) is 79.2 Å². The molecule has 6 heteroatoms. The van der Waals surface area contributed by atoms with Crippen molar-refractivity contribution in [2.75, 3.05) is 12.0 Å². The van der Waals surface area contributed by atoms with Gasteiger partial charge in [-0.25, -0.2) is 9.79 Å². The van der Waals surface area contributed by atoms with E-state index in [2.05, 4.69) is 4.99 Å². The van der Waals surface area contributed by atoms with Gasteiger partial charge < -0.3 is 9.84 Å². The van der Waals surface area contributed by atoms with Gasteiger partial charge in [-0.05, 0) is 72.7 Å². The van der Waals surface area contributed by atoms with E-state index >= 15 is 0 Å². The third-order valence-electron chi connectivity index (χ3n) is 4.93. The zero-order valence-electron chi connectivity index (χ0n) is 17.1. The van der Waals surface area contributed by atoms with Crippen LogP contribution in [0.4, 0.5) is 5.69 Å². The second-order valence-electron chi connectivity index (χ2n) is 7.10. The molecular weight excluding hydrogens is 392 g/mol. The highest BCUT2D eigenvalue weighted by molar-refractivity contribution is 6.33. The molecule has 0 aromatic heterocycles. The molecule has 1 N–H and O–H groups in total. The summed E-state index contributed by atoms with van der Waals surface area (Å²) in [5, 5.41) is 9.08. The van der Waals surface area contributed by atoms with Crippen LogP contribution in [-0.4, -0.2) is 29.9 Å². The number of carbonyl (C=O) groups excluding carboxylic acids is 1. The molecule has 154 valence electrons. The molecule has 31 heavy (non-hydrogen) atoms. The number of carboxylic acids is 1. The summed E-state index contributed by atoms with van der Waals surface area (Å²) in [4.78, 5) is 30.6. The quantitative estimate of drug-likeness (QED) is 0.624. The maximum Gasteiger partial charge on any atom is 0.335 e. The predicted octanol–water partition coefficient (Wildman–Crippen LogP) is 4.54. The largest absolute Gasteiger partial charge is 0.497 e. The first-order valence-electron chi connectivity index (χ1n) is 9.65. The lowest BCUT2D eigenvalue weighted by atomic mass is 10.1. The van der Waals surface area contributed by atoms with E-state index < -0.39 is 5.97 Å². The maximum atomic E-state index is 13.3. The number of hydrogen-bond acceptors (Lipinski definition) is 4. The second kappa shape index (κ2) is 8.28. The molecule has 3 aromatic carbocycles. The lowest BCUT2D eigenvalue weighted by Gasteiger charge is -2.19. The maximum absolute atomic E-state index is 13.3. The number of anilines is 1. The summed E-state index contributed by atoms with van der Waals surface area (Å²) in [6.07, 6.45) is 1.66. The van der Waals surface area contributed by atoms with Gasteiger partial charge in [0.1, 0.15) is 17.3 Å². The summed E-state index contributed by atoms with van der Waals surface area (Å²) >= 11 is 0. The Balaban J connectivity index is 1.78. The van der Waals surface area contributed by atoms with Crippen molar-refractivity contribution in [2.45, 2.75) is 6.92 Å². The van der Waals surface area contributed by atoms with Gasteiger partial charge in [-0.3, -0.25) is 9.69 Å². The number of ether oxygens (including phenoxy) is 1. The van der Waals surface area contributed by atoms with Gasteiger partial charge in [0.05, 0.1) is 18.4 Å². The van der Waals surface area contributed by atoms with Crippen molar-refractivity contribution in [1.29, 1.82) is 0 Å². The van der Waals surface area contributed by atoms with Crippen LogP contribution in [-0.2, 0) is 4.79 Å². The highest BCUT2D eigenvalue weighted by Gasteiger charge is 2.32. The number of rotatable bonds is 5. The standard InChI is InChI=1S/C25H20N2O4/c1-16-4-3-5-20(14-16)27-23(18-10-12-21(31-2)13-11-18)26-22(24(27)28)15-17-6-8-19(9-7-17)25(29)30/h3-15H,1-2H3,(H,29,30)/b22-15+. The Bertz CT molecular complexity index is 1210. The Morgan fingerprint density at radius 1 is 1.03 bits per heavy atom. The van der Waals surface area contributed by atoms with Gasteiger partial charge >= 0.3 is 5.97 Å². The monoisotopic (exact) mass is 412 g/mol. The Labute approximate surface area is 179 Å². The number of carboxylic acid groups (broad SMARTS) is 1. The summed E-state index contributed by atoms with van der Waals surface area (Å²) in [6.45, 7) is 1.97. The van der Waals surface area contributed by atoms with Gasteiger partial charge in [0.15, 0.2) is 0 Å². The number of amides is 1. The van der Waals surface area contributed by atoms with Gasteiger partial charge in [0, 0.05) is 5.56 Å². The first-order valence-corrected chi connectivity index (χ1v) is 9.65. The van der Waals surface area contributed by atoms with E-state index in [0.29, 0.717) is 17.1 Å². The van der Waals surface area contributed by atoms with Crippen LogP contribution in [0, 0.1) is 6.92 Å². The number of aromatic carboxylic acids is 1. The van der Waals surface area contributed by atoms with Crippen molar-refractivity contribution >= 4 is 29.5 Å². The summed E-state index contributed by atoms with van der Waals surface area (Å²) in [5.74, 6) is -0.0166. The molecule has 0 saturated heterocycles. The van der Waals surface area contributed by atoms with E-state index in [4.69, 9.17) is 9.84 Å². The van der Waals surface area contributed by atoms with Crippen LogP contribution in [0.1, 0.15) is 27.0 Å². The molecular formula is C25H20N2O4. The minimum atomic E-state index is -0.999. The number of nitrogens with zero attached hydrogens (tertiary/aromatic N) is 2. The fourth-order valence-electron chi connectivity index (χ4n) is 3.34. The third-order valence-corrected chi connectivity index (χ3v) is 4.93. The van der Waals surface area contributed by atoms with E-state index in [1.54, 1.807) is 30.2 Å². The number of methoxy groups -OCH3 is 1. The third kappa shape index (κ3) is 4.09. The van der Waals surface area contributed by atoms with Crippen molar-refractivity contribution < 1.29 is 19.4 Å². The molecule has 0 unspecified atom stereocenters. The number of aryl methyl sites for hydroxylation is 1. The van der Waals surface area contributed by atoms with Crippen molar-refractivity contribution in [3.63, 3.8) is 0 Å². The fraction of sp³-hybridized carbons (Fsp3) is 0.0800. The smallest absolute Gasteiger partial charge is 0.335 e. The molecule has 3 aromatic rings. The highest BCUT2D eigenvalue weighted by atomic mass is 16.5. The number of amidine groups is 1. The highest BCUT2D eigenvalue weighted by Crippen LogP contribution is 2.29. The summed E-state index contributed by atoms with van der Waals surface area (Å²) < 4.78 is 5.23. The average Bonchev–Trinajstić information content (AvgIpc) is 3.10. The normalized spacial score (nSPS) is 14.6. The lowest BCUT2D eigenvalue weighted by molar-refractivity contribution is -0.113. The molecule has 6 nitrogen and oxygen atoms in total. The summed E-state index contributed by atoms with van der Waals surface area (Å²) in [5.41, 5.74) is 3.68. The first-order chi connectivity index (χ1) is 15.0. The van der Waals surface area contributed by atoms with Crippen LogP contribution in [0.5, 0.6) is 5.75 Å². The molecule has 1 aliphatic rings. The minimum Gasteiger partial charge on any atom is -0.497 e. The van der Waals surface area contributed by atoms with Crippen LogP contribution >= 0.6 is 0 Å². The van der Waals surface area contributed by atoms with Crippen molar-refractivity contribution in [3.8, 4) is 5.75 Å². The summed E-state index contributed by atoms with van der Waals surface area (Å²) in [6, 6.07) is 21.3. The Hall–Kier alpha value is -4.19. The molecule has 0 saturated carbocycles. The second-order valence-corrected chi connectivity index (χ2v) is 7.10. The Morgan fingerprint density at radius 2 is 1.74 bits per heavy atom. The van der Waals surface area contributed by atoms with E-state index in [0.717, 1.165) is 16.8 Å². The van der Waals surface area contributed by atoms with Gasteiger partial charge in [0.2, 0.25) is 0 Å². The predicted molar refractivity (Wildman–Crippen MR) is 120 cm³/mol. The molecule has 0 aliphatic carbocycles. The Morgan fingerprint density at radius 3 is 2.35 bits per heavy atom. The van der Waals surface area contributed by atoms with Gasteiger partial charge in [0.25, 0.3) is 5.91 Å². The molecule has 0 atom stereocenters. The zero-order chi connectivity index (χ0) is 22.0. The molecule has 0 fully saturated rings. The molecule has 0 spiro atoms. The number of aliphatic imine (C=N–C) groups is 1. The number of hydrogen-bond donors (Lipinski definition) is 1. The molecule has 0 bridgehead atoms. The van der Waals surface area contributed by atoms with Crippen LogP contribution < -0.4 is 9.64 Å². The van der Waals surface area contributed by atoms with Crippen molar-refractivity contribution in [2.24, 2.45) is 4.99 Å². The van der Waals surface area contributed by atoms with Crippen LogP contribution in [0.15, 0.2) is 83.5 Å². The molecule has 1 aliphatic heterocycles. The van der Waals surface area contributed by atoms with E-state index in [-0.39, 0.29) is 17.2 Å². The van der Waals surface area contributed by atoms with E-state index in [1.807, 2.05) is 55.5 Å². The average molecular weight is 412 g/mol. The van der Waals surface area contributed by atoms with Gasteiger partial charge in [-0.15, -0.1) is 0 Å². The van der Waals surface area contributed by atoms with Gasteiger partial charge in [-0.2, -0.15) is 0 Å². The number of carbonyl (C=O) groups is 2. The Kier molecular flexibility index (Phi) is 5.37. The van der Waals surface area contributed by atoms with Gasteiger partial charge in [-0.1, -0.05) is 24.3 Å². The summed E-state index contributed by atoms with van der Waals surface area (Å²) in [7, 11) is 1.60. The fourth-order valence-corrected chi connectivity index (χ4v) is 3.34. The molecule has 4 rings (SSSR count).